The minimum absolute atomic E-state index is 0.245. The Morgan fingerprint density at radius 3 is 2.60 bits per heavy atom. The van der Waals surface area contributed by atoms with Gasteiger partial charge in [0.05, 0.1) is 0 Å². The molecule has 0 bridgehead atoms. The van der Waals surface area contributed by atoms with Gasteiger partial charge in [-0.15, -0.1) is 0 Å². The quantitative estimate of drug-likeness (QED) is 0.779. The Bertz CT molecular complexity index is 616. The number of hydrogen-bond acceptors (Lipinski definition) is 2. The van der Waals surface area contributed by atoms with Crippen molar-refractivity contribution >= 4 is 5.91 Å². The smallest absolute Gasteiger partial charge is 0.223 e. The summed E-state index contributed by atoms with van der Waals surface area (Å²) in [4.78, 5) is 17.3. The summed E-state index contributed by atoms with van der Waals surface area (Å²) in [6.45, 7) is 5.34. The van der Waals surface area contributed by atoms with Crippen molar-refractivity contribution in [3.05, 3.63) is 48.0 Å². The molecule has 1 atom stereocenters. The van der Waals surface area contributed by atoms with E-state index in [4.69, 9.17) is 0 Å². The van der Waals surface area contributed by atoms with Crippen molar-refractivity contribution in [3.8, 4) is 0 Å². The fraction of sp³-hybridized carbons (Fsp3) is 0.591. The van der Waals surface area contributed by atoms with Gasteiger partial charge in [0.25, 0.3) is 0 Å². The van der Waals surface area contributed by atoms with E-state index in [0.29, 0.717) is 5.91 Å². The Hall–Kier alpha value is -1.61. The Morgan fingerprint density at radius 2 is 1.88 bits per heavy atom. The minimum Gasteiger partial charge on any atom is -0.338 e. The molecule has 0 saturated carbocycles. The van der Waals surface area contributed by atoms with Crippen LogP contribution < -0.4 is 0 Å². The summed E-state index contributed by atoms with van der Waals surface area (Å²) in [5.74, 6) is 1.20. The van der Waals surface area contributed by atoms with Crippen molar-refractivity contribution in [3.63, 3.8) is 0 Å². The highest BCUT2D eigenvalue weighted by atomic mass is 16.2. The van der Waals surface area contributed by atoms with Crippen molar-refractivity contribution in [2.45, 2.75) is 45.1 Å². The molecule has 134 valence electrons. The van der Waals surface area contributed by atoms with E-state index in [1.54, 1.807) is 0 Å². The molecule has 2 saturated heterocycles. The van der Waals surface area contributed by atoms with Crippen molar-refractivity contribution < 1.29 is 4.79 Å². The molecule has 1 aromatic rings. The van der Waals surface area contributed by atoms with Crippen LogP contribution in [0, 0.1) is 11.3 Å². The number of nitrogens with zero attached hydrogens (tertiary/aromatic N) is 2. The van der Waals surface area contributed by atoms with Crippen LogP contribution in [0.4, 0.5) is 0 Å². The number of carbonyl (C=O) groups excluding carboxylic acids is 1. The molecule has 1 spiro atoms. The highest BCUT2D eigenvalue weighted by molar-refractivity contribution is 5.79. The molecule has 0 N–H and O–H groups in total. The minimum atomic E-state index is 0.245. The van der Waals surface area contributed by atoms with E-state index in [0.717, 1.165) is 25.4 Å². The zero-order chi connectivity index (χ0) is 17.1. The van der Waals surface area contributed by atoms with Gasteiger partial charge in [-0.3, -0.25) is 4.79 Å². The standard InChI is InChI=1S/C22H30N2O/c25-21-15-22(18-24(21)17-20-9-5-2-6-10-20)11-13-23(14-12-22)16-19-7-3-1-4-8-19/h1-3,5-6,9-10,19H,4,7-8,11-18H2. The fourth-order valence-electron chi connectivity index (χ4n) is 4.86. The molecular weight excluding hydrogens is 308 g/mol. The summed E-state index contributed by atoms with van der Waals surface area (Å²) < 4.78 is 0. The molecule has 2 aliphatic heterocycles. The van der Waals surface area contributed by atoms with Gasteiger partial charge < -0.3 is 9.80 Å². The van der Waals surface area contributed by atoms with Crippen molar-refractivity contribution in [2.24, 2.45) is 11.3 Å². The summed E-state index contributed by atoms with van der Waals surface area (Å²) in [6.07, 6.45) is 11.7. The predicted molar refractivity (Wildman–Crippen MR) is 101 cm³/mol. The van der Waals surface area contributed by atoms with Crippen LogP contribution in [0.3, 0.4) is 0 Å². The van der Waals surface area contributed by atoms with Crippen LogP contribution in [0.25, 0.3) is 0 Å². The topological polar surface area (TPSA) is 23.6 Å². The summed E-state index contributed by atoms with van der Waals surface area (Å²) in [5, 5.41) is 0. The molecule has 3 nitrogen and oxygen atoms in total. The Morgan fingerprint density at radius 1 is 1.08 bits per heavy atom. The van der Waals surface area contributed by atoms with Crippen LogP contribution in [-0.2, 0) is 11.3 Å². The molecule has 3 aliphatic rings. The van der Waals surface area contributed by atoms with Crippen LogP contribution in [-0.4, -0.2) is 41.9 Å². The molecule has 0 aromatic heterocycles. The Labute approximate surface area is 151 Å². The predicted octanol–water partition coefficient (Wildman–Crippen LogP) is 3.86. The van der Waals surface area contributed by atoms with Crippen LogP contribution in [0.5, 0.6) is 0 Å². The van der Waals surface area contributed by atoms with Gasteiger partial charge in [-0.2, -0.15) is 0 Å². The summed E-state index contributed by atoms with van der Waals surface area (Å²) in [5.41, 5.74) is 1.49. The average Bonchev–Trinajstić information content (AvgIpc) is 2.94. The monoisotopic (exact) mass is 338 g/mol. The maximum Gasteiger partial charge on any atom is 0.223 e. The molecular formula is C22H30N2O. The van der Waals surface area contributed by atoms with Crippen molar-refractivity contribution in [1.82, 2.24) is 9.80 Å². The van der Waals surface area contributed by atoms with Gasteiger partial charge in [0.2, 0.25) is 5.91 Å². The highest BCUT2D eigenvalue weighted by Gasteiger charge is 2.44. The number of piperidine rings is 1. The van der Waals surface area contributed by atoms with Gasteiger partial charge in [0.1, 0.15) is 0 Å². The van der Waals surface area contributed by atoms with Gasteiger partial charge in [-0.1, -0.05) is 42.5 Å². The summed E-state index contributed by atoms with van der Waals surface area (Å²) in [6, 6.07) is 10.4. The van der Waals surface area contributed by atoms with E-state index in [-0.39, 0.29) is 5.41 Å². The second-order valence-electron chi connectivity index (χ2n) is 8.36. The number of carbonyl (C=O) groups is 1. The van der Waals surface area contributed by atoms with E-state index < -0.39 is 0 Å². The normalized spacial score (nSPS) is 26.5. The second-order valence-corrected chi connectivity index (χ2v) is 8.36. The fourth-order valence-corrected chi connectivity index (χ4v) is 4.86. The molecule has 1 unspecified atom stereocenters. The first kappa shape index (κ1) is 16.8. The third-order valence-corrected chi connectivity index (χ3v) is 6.43. The van der Waals surface area contributed by atoms with E-state index in [1.165, 1.54) is 57.3 Å². The second kappa shape index (κ2) is 7.33. The number of benzene rings is 1. The van der Waals surface area contributed by atoms with Gasteiger partial charge in [0.15, 0.2) is 0 Å². The maximum atomic E-state index is 12.6. The van der Waals surface area contributed by atoms with Crippen LogP contribution >= 0.6 is 0 Å². The number of likely N-dealkylation sites (tertiary alicyclic amines) is 2. The third kappa shape index (κ3) is 3.98. The molecule has 4 rings (SSSR count). The Balaban J connectivity index is 1.30. The molecule has 1 aliphatic carbocycles. The van der Waals surface area contributed by atoms with E-state index in [1.807, 2.05) is 6.07 Å². The molecule has 2 fully saturated rings. The number of allylic oxidation sites excluding steroid dienone is 2. The zero-order valence-electron chi connectivity index (χ0n) is 15.2. The number of amides is 1. The lowest BCUT2D eigenvalue weighted by Gasteiger charge is -2.40. The lowest BCUT2D eigenvalue weighted by Crippen LogP contribution is -2.43. The average molecular weight is 338 g/mol. The lowest BCUT2D eigenvalue weighted by molar-refractivity contribution is -0.128. The van der Waals surface area contributed by atoms with Gasteiger partial charge in [0, 0.05) is 26.1 Å². The molecule has 1 amide bonds. The first-order valence-corrected chi connectivity index (χ1v) is 9.92. The van der Waals surface area contributed by atoms with Crippen LogP contribution in [0.1, 0.15) is 44.1 Å². The van der Waals surface area contributed by atoms with Crippen molar-refractivity contribution in [2.75, 3.05) is 26.2 Å². The third-order valence-electron chi connectivity index (χ3n) is 6.43. The summed E-state index contributed by atoms with van der Waals surface area (Å²) in [7, 11) is 0. The van der Waals surface area contributed by atoms with E-state index in [2.05, 4.69) is 46.2 Å². The maximum absolute atomic E-state index is 12.6. The first-order valence-electron chi connectivity index (χ1n) is 9.92. The zero-order valence-corrected chi connectivity index (χ0v) is 15.2. The highest BCUT2D eigenvalue weighted by Crippen LogP contribution is 2.41. The molecule has 1 aromatic carbocycles. The summed E-state index contributed by atoms with van der Waals surface area (Å²) >= 11 is 0. The van der Waals surface area contributed by atoms with Crippen molar-refractivity contribution in [1.29, 1.82) is 0 Å². The largest absolute Gasteiger partial charge is 0.338 e. The molecule has 0 radical (unpaired) electrons. The molecule has 3 heteroatoms. The van der Waals surface area contributed by atoms with Crippen LogP contribution in [0.15, 0.2) is 42.5 Å². The lowest BCUT2D eigenvalue weighted by atomic mass is 9.77. The van der Waals surface area contributed by atoms with Gasteiger partial charge >= 0.3 is 0 Å². The number of rotatable bonds is 4. The Kier molecular flexibility index (Phi) is 4.93. The molecule has 2 heterocycles. The van der Waals surface area contributed by atoms with E-state index >= 15 is 0 Å². The van der Waals surface area contributed by atoms with Crippen LogP contribution in [0.2, 0.25) is 0 Å². The van der Waals surface area contributed by atoms with Gasteiger partial charge in [-0.05, 0) is 62.1 Å². The van der Waals surface area contributed by atoms with E-state index in [9.17, 15) is 4.79 Å². The first-order chi connectivity index (χ1) is 12.2. The SMILES string of the molecule is O=C1CC2(CCN(CC3CC=CCC3)CC2)CN1Cc1ccccc1. The van der Waals surface area contributed by atoms with Gasteiger partial charge in [-0.25, -0.2) is 0 Å². The number of hydrogen-bond donors (Lipinski definition) is 0. The molecule has 25 heavy (non-hydrogen) atoms.